The van der Waals surface area contributed by atoms with Gasteiger partial charge in [0.1, 0.15) is 0 Å². The number of rotatable bonds is 4. The lowest BCUT2D eigenvalue weighted by Gasteiger charge is -1.88. The van der Waals surface area contributed by atoms with Gasteiger partial charge >= 0.3 is 0 Å². The van der Waals surface area contributed by atoms with Crippen molar-refractivity contribution >= 4 is 20.2 Å². The lowest BCUT2D eigenvalue weighted by atomic mass is 10.6. The van der Waals surface area contributed by atoms with Crippen LogP contribution in [0.1, 0.15) is 0 Å². The smallest absolute Gasteiger partial charge is 0.268 e. The minimum absolute atomic E-state index is 0.664. The van der Waals surface area contributed by atoms with Gasteiger partial charge < -0.3 is 0 Å². The summed E-state index contributed by atoms with van der Waals surface area (Å²) in [5, 5.41) is 0. The standard InChI is InChI=1S/C4H8O6S2/c5-11(6,7)3-1-2-4-12(8,9)10/h1-2H,3-4H2,(H,5,6,7)(H,8,9,10). The van der Waals surface area contributed by atoms with E-state index in [-0.39, 0.29) is 0 Å². The summed E-state index contributed by atoms with van der Waals surface area (Å²) in [4.78, 5) is 0. The molecule has 0 unspecified atom stereocenters. The molecule has 2 N–H and O–H groups in total. The highest BCUT2D eigenvalue weighted by Crippen LogP contribution is 1.87. The Kier molecular flexibility index (Phi) is 3.84. The fourth-order valence-electron chi connectivity index (χ4n) is 0.379. The van der Waals surface area contributed by atoms with Crippen molar-refractivity contribution in [3.63, 3.8) is 0 Å². The van der Waals surface area contributed by atoms with E-state index in [4.69, 9.17) is 9.11 Å². The van der Waals surface area contributed by atoms with Gasteiger partial charge in [-0.1, -0.05) is 12.2 Å². The fraction of sp³-hybridized carbons (Fsp3) is 0.500. The van der Waals surface area contributed by atoms with Crippen molar-refractivity contribution in [3.05, 3.63) is 12.2 Å². The predicted octanol–water partition coefficient (Wildman–Crippen LogP) is -0.682. The minimum atomic E-state index is -4.11. The van der Waals surface area contributed by atoms with Crippen molar-refractivity contribution < 1.29 is 25.9 Å². The van der Waals surface area contributed by atoms with Crippen molar-refractivity contribution in [1.29, 1.82) is 0 Å². The van der Waals surface area contributed by atoms with Gasteiger partial charge in [0.05, 0.1) is 11.5 Å². The SMILES string of the molecule is O=S(=O)(O)CC=CCS(=O)(=O)O. The van der Waals surface area contributed by atoms with Crippen LogP contribution in [0.3, 0.4) is 0 Å². The number of hydrogen-bond donors (Lipinski definition) is 2. The molecule has 0 aliphatic heterocycles. The fourth-order valence-corrected chi connectivity index (χ4v) is 1.14. The van der Waals surface area contributed by atoms with E-state index in [1.54, 1.807) is 0 Å². The van der Waals surface area contributed by atoms with E-state index in [0.717, 1.165) is 12.2 Å². The quantitative estimate of drug-likeness (QED) is 0.476. The average Bonchev–Trinajstić information content (AvgIpc) is 1.76. The van der Waals surface area contributed by atoms with Gasteiger partial charge in [-0.3, -0.25) is 9.11 Å². The molecule has 12 heavy (non-hydrogen) atoms. The van der Waals surface area contributed by atoms with Crippen LogP contribution in [-0.2, 0) is 20.2 Å². The van der Waals surface area contributed by atoms with Crippen LogP contribution >= 0.6 is 0 Å². The van der Waals surface area contributed by atoms with Crippen LogP contribution < -0.4 is 0 Å². The minimum Gasteiger partial charge on any atom is -0.285 e. The summed E-state index contributed by atoms with van der Waals surface area (Å²) in [5.41, 5.74) is 0. The maximum atomic E-state index is 10.0. The number of hydrogen-bond acceptors (Lipinski definition) is 4. The molecular weight excluding hydrogens is 208 g/mol. The zero-order valence-electron chi connectivity index (χ0n) is 5.91. The van der Waals surface area contributed by atoms with Gasteiger partial charge in [-0.25, -0.2) is 0 Å². The van der Waals surface area contributed by atoms with Crippen LogP contribution in [0.25, 0.3) is 0 Å². The van der Waals surface area contributed by atoms with E-state index < -0.39 is 31.7 Å². The second kappa shape index (κ2) is 3.99. The first kappa shape index (κ1) is 11.6. The summed E-state index contributed by atoms with van der Waals surface area (Å²) in [5.74, 6) is -1.33. The maximum Gasteiger partial charge on any atom is 0.268 e. The van der Waals surface area contributed by atoms with Crippen molar-refractivity contribution in [3.8, 4) is 0 Å². The third kappa shape index (κ3) is 9.56. The molecular formula is C4H8O6S2. The summed E-state index contributed by atoms with van der Waals surface area (Å²) in [6, 6.07) is 0. The Hall–Kier alpha value is -0.440. The molecule has 0 aliphatic rings. The highest BCUT2D eigenvalue weighted by molar-refractivity contribution is 7.86. The van der Waals surface area contributed by atoms with Crippen molar-refractivity contribution in [1.82, 2.24) is 0 Å². The molecule has 0 heterocycles. The molecule has 0 aromatic rings. The van der Waals surface area contributed by atoms with Gasteiger partial charge in [0, 0.05) is 0 Å². The normalized spacial score (nSPS) is 13.8. The first-order valence-corrected chi connectivity index (χ1v) is 5.98. The van der Waals surface area contributed by atoms with Crippen molar-refractivity contribution in [2.45, 2.75) is 0 Å². The Labute approximate surface area is 70.4 Å². The van der Waals surface area contributed by atoms with E-state index >= 15 is 0 Å². The summed E-state index contributed by atoms with van der Waals surface area (Å²) >= 11 is 0. The Morgan fingerprint density at radius 1 is 0.833 bits per heavy atom. The van der Waals surface area contributed by atoms with Gasteiger partial charge in [0.15, 0.2) is 0 Å². The van der Waals surface area contributed by atoms with Crippen LogP contribution in [0.5, 0.6) is 0 Å². The third-order valence-electron chi connectivity index (χ3n) is 0.780. The summed E-state index contributed by atoms with van der Waals surface area (Å²) in [6.45, 7) is 0. The highest BCUT2D eigenvalue weighted by atomic mass is 32.2. The highest BCUT2D eigenvalue weighted by Gasteiger charge is 2.01. The van der Waals surface area contributed by atoms with Crippen LogP contribution in [0, 0.1) is 0 Å². The molecule has 0 spiro atoms. The van der Waals surface area contributed by atoms with Crippen LogP contribution in [0.4, 0.5) is 0 Å². The van der Waals surface area contributed by atoms with E-state index in [1.807, 2.05) is 0 Å². The Morgan fingerprint density at radius 3 is 1.25 bits per heavy atom. The van der Waals surface area contributed by atoms with Gasteiger partial charge in [-0.05, 0) is 0 Å². The monoisotopic (exact) mass is 216 g/mol. The molecule has 0 bridgehead atoms. The lowest BCUT2D eigenvalue weighted by molar-refractivity contribution is 0.483. The van der Waals surface area contributed by atoms with Gasteiger partial charge in [0.2, 0.25) is 0 Å². The molecule has 72 valence electrons. The van der Waals surface area contributed by atoms with E-state index in [9.17, 15) is 16.8 Å². The zero-order valence-corrected chi connectivity index (χ0v) is 7.55. The van der Waals surface area contributed by atoms with Crippen LogP contribution in [0.15, 0.2) is 12.2 Å². The van der Waals surface area contributed by atoms with E-state index in [0.29, 0.717) is 0 Å². The molecule has 0 aliphatic carbocycles. The third-order valence-corrected chi connectivity index (χ3v) is 2.01. The summed E-state index contributed by atoms with van der Waals surface area (Å²) in [6.07, 6.45) is 1.87. The molecule has 0 radical (unpaired) electrons. The van der Waals surface area contributed by atoms with Gasteiger partial charge in [-0.2, -0.15) is 16.8 Å². The summed E-state index contributed by atoms with van der Waals surface area (Å²) in [7, 11) is -8.21. The Morgan fingerprint density at radius 2 is 1.08 bits per heavy atom. The van der Waals surface area contributed by atoms with E-state index in [1.165, 1.54) is 0 Å². The van der Waals surface area contributed by atoms with Gasteiger partial charge in [-0.15, -0.1) is 0 Å². The zero-order chi connectivity index (χ0) is 9.83. The predicted molar refractivity (Wildman–Crippen MR) is 42.0 cm³/mol. The Bertz CT molecular complexity index is 311. The van der Waals surface area contributed by atoms with Crippen molar-refractivity contribution in [2.75, 3.05) is 11.5 Å². The summed E-state index contributed by atoms with van der Waals surface area (Å²) < 4.78 is 56.5. The molecule has 0 aromatic heterocycles. The molecule has 0 aromatic carbocycles. The first-order chi connectivity index (χ1) is 5.21. The average molecular weight is 216 g/mol. The molecule has 0 rings (SSSR count). The topological polar surface area (TPSA) is 109 Å². The largest absolute Gasteiger partial charge is 0.285 e. The van der Waals surface area contributed by atoms with Crippen LogP contribution in [0.2, 0.25) is 0 Å². The second-order valence-electron chi connectivity index (χ2n) is 1.97. The van der Waals surface area contributed by atoms with Gasteiger partial charge in [0.25, 0.3) is 20.2 Å². The molecule has 0 saturated heterocycles. The molecule has 8 heteroatoms. The van der Waals surface area contributed by atoms with Crippen LogP contribution in [-0.4, -0.2) is 37.4 Å². The Balaban J connectivity index is 3.98. The molecule has 6 nitrogen and oxygen atoms in total. The maximum absolute atomic E-state index is 10.0. The molecule has 0 saturated carbocycles. The second-order valence-corrected chi connectivity index (χ2v) is 4.96. The molecule has 0 fully saturated rings. The van der Waals surface area contributed by atoms with Crippen molar-refractivity contribution in [2.24, 2.45) is 0 Å². The first-order valence-electron chi connectivity index (χ1n) is 2.76. The lowest BCUT2D eigenvalue weighted by Crippen LogP contribution is -2.03. The molecule has 0 atom stereocenters. The van der Waals surface area contributed by atoms with E-state index in [2.05, 4.69) is 0 Å². The molecule has 0 amide bonds.